The van der Waals surface area contributed by atoms with Crippen molar-refractivity contribution in [2.75, 3.05) is 6.61 Å². The second kappa shape index (κ2) is 6.46. The third-order valence-corrected chi connectivity index (χ3v) is 1.74. The van der Waals surface area contributed by atoms with Gasteiger partial charge in [0.1, 0.15) is 6.61 Å². The van der Waals surface area contributed by atoms with Crippen molar-refractivity contribution in [1.29, 1.82) is 0 Å². The molecule has 0 aliphatic heterocycles. The molecule has 74 valence electrons. The lowest BCUT2D eigenvalue weighted by Crippen LogP contribution is -2.07. The predicted octanol–water partition coefficient (Wildman–Crippen LogP) is 2.85. The van der Waals surface area contributed by atoms with Gasteiger partial charge in [-0.25, -0.2) is 4.79 Å². The molecule has 0 fully saturated rings. The molecule has 0 aromatic rings. The van der Waals surface area contributed by atoms with Crippen LogP contribution in [0.5, 0.6) is 0 Å². The van der Waals surface area contributed by atoms with Crippen molar-refractivity contribution < 1.29 is 9.53 Å². The quantitative estimate of drug-likeness (QED) is 0.379. The van der Waals surface area contributed by atoms with E-state index in [1.54, 1.807) is 13.0 Å². The highest BCUT2D eigenvalue weighted by Crippen LogP contribution is 2.00. The van der Waals surface area contributed by atoms with Crippen LogP contribution in [-0.4, -0.2) is 12.6 Å². The first kappa shape index (κ1) is 11.9. The molecule has 0 amide bonds. The van der Waals surface area contributed by atoms with Gasteiger partial charge in [-0.05, 0) is 32.8 Å². The summed E-state index contributed by atoms with van der Waals surface area (Å²) >= 11 is 0. The van der Waals surface area contributed by atoms with Crippen LogP contribution in [0.25, 0.3) is 0 Å². The van der Waals surface area contributed by atoms with Gasteiger partial charge in [-0.15, -0.1) is 0 Å². The number of carbonyl (C=O) groups is 1. The third kappa shape index (κ3) is 5.23. The van der Waals surface area contributed by atoms with Crippen molar-refractivity contribution in [3.05, 3.63) is 23.3 Å². The van der Waals surface area contributed by atoms with Crippen LogP contribution in [0.1, 0.15) is 34.1 Å². The van der Waals surface area contributed by atoms with Crippen molar-refractivity contribution >= 4 is 5.97 Å². The molecular formula is C11H18O2. The van der Waals surface area contributed by atoms with E-state index in [2.05, 4.69) is 13.0 Å². The van der Waals surface area contributed by atoms with Crippen LogP contribution < -0.4 is 0 Å². The second-order valence-electron chi connectivity index (χ2n) is 3.01. The van der Waals surface area contributed by atoms with Gasteiger partial charge in [0.05, 0.1) is 0 Å². The lowest BCUT2D eigenvalue weighted by atomic mass is 10.2. The van der Waals surface area contributed by atoms with Crippen LogP contribution in [-0.2, 0) is 9.53 Å². The zero-order chi connectivity index (χ0) is 10.3. The predicted molar refractivity (Wildman–Crippen MR) is 54.4 cm³/mol. The van der Waals surface area contributed by atoms with Crippen LogP contribution in [0, 0.1) is 0 Å². The van der Waals surface area contributed by atoms with Gasteiger partial charge in [0.2, 0.25) is 0 Å². The molecule has 13 heavy (non-hydrogen) atoms. The molecular weight excluding hydrogens is 164 g/mol. The van der Waals surface area contributed by atoms with Gasteiger partial charge in [0.25, 0.3) is 0 Å². The number of allylic oxidation sites excluding steroid dienone is 2. The number of ether oxygens (including phenoxy) is 1. The standard InChI is InChI=1S/C11H18O2/c1-5-7-9(3)8-13-11(12)10(4)6-2/h6-7H,5,8H2,1-4H3/b9-7+,10-6-. The Hall–Kier alpha value is -1.05. The summed E-state index contributed by atoms with van der Waals surface area (Å²) in [5.74, 6) is -0.230. The van der Waals surface area contributed by atoms with E-state index in [0.29, 0.717) is 12.2 Å². The van der Waals surface area contributed by atoms with E-state index in [0.717, 1.165) is 12.0 Å². The fourth-order valence-electron chi connectivity index (χ4n) is 0.818. The molecule has 2 nitrogen and oxygen atoms in total. The van der Waals surface area contributed by atoms with Crippen molar-refractivity contribution in [2.24, 2.45) is 0 Å². The van der Waals surface area contributed by atoms with Crippen molar-refractivity contribution in [2.45, 2.75) is 34.1 Å². The van der Waals surface area contributed by atoms with Gasteiger partial charge in [0, 0.05) is 5.57 Å². The van der Waals surface area contributed by atoms with E-state index >= 15 is 0 Å². The molecule has 0 heterocycles. The number of rotatable bonds is 4. The monoisotopic (exact) mass is 182 g/mol. The molecule has 0 spiro atoms. The van der Waals surface area contributed by atoms with E-state index < -0.39 is 0 Å². The van der Waals surface area contributed by atoms with Gasteiger partial charge in [-0.3, -0.25) is 0 Å². The molecule has 2 heteroatoms. The highest BCUT2D eigenvalue weighted by atomic mass is 16.5. The average molecular weight is 182 g/mol. The Kier molecular flexibility index (Phi) is 5.94. The molecule has 0 N–H and O–H groups in total. The maximum absolute atomic E-state index is 11.2. The van der Waals surface area contributed by atoms with Gasteiger partial charge in [0.15, 0.2) is 0 Å². The highest BCUT2D eigenvalue weighted by molar-refractivity contribution is 5.87. The smallest absolute Gasteiger partial charge is 0.333 e. The van der Waals surface area contributed by atoms with Crippen LogP contribution in [0.4, 0.5) is 0 Å². The molecule has 0 atom stereocenters. The number of esters is 1. The Bertz CT molecular complexity index is 224. The zero-order valence-corrected chi connectivity index (χ0v) is 8.89. The molecule has 0 radical (unpaired) electrons. The number of hydrogen-bond donors (Lipinski definition) is 0. The minimum absolute atomic E-state index is 0.230. The summed E-state index contributed by atoms with van der Waals surface area (Å²) in [5, 5.41) is 0. The summed E-state index contributed by atoms with van der Waals surface area (Å²) in [4.78, 5) is 11.2. The molecule has 0 unspecified atom stereocenters. The first-order valence-corrected chi connectivity index (χ1v) is 4.57. The van der Waals surface area contributed by atoms with Crippen LogP contribution in [0.3, 0.4) is 0 Å². The summed E-state index contributed by atoms with van der Waals surface area (Å²) in [6, 6.07) is 0. The van der Waals surface area contributed by atoms with Gasteiger partial charge in [-0.1, -0.05) is 19.1 Å². The minimum Gasteiger partial charge on any atom is -0.458 e. The average Bonchev–Trinajstić information content (AvgIpc) is 2.13. The summed E-state index contributed by atoms with van der Waals surface area (Å²) in [7, 11) is 0. The van der Waals surface area contributed by atoms with E-state index in [4.69, 9.17) is 4.74 Å². The molecule has 0 bridgehead atoms. The molecule has 0 aliphatic carbocycles. The Morgan fingerprint density at radius 3 is 2.46 bits per heavy atom. The van der Waals surface area contributed by atoms with Crippen LogP contribution in [0.2, 0.25) is 0 Å². The first-order valence-electron chi connectivity index (χ1n) is 4.57. The van der Waals surface area contributed by atoms with Gasteiger partial charge in [-0.2, -0.15) is 0 Å². The third-order valence-electron chi connectivity index (χ3n) is 1.74. The van der Waals surface area contributed by atoms with Gasteiger partial charge >= 0.3 is 5.97 Å². The summed E-state index contributed by atoms with van der Waals surface area (Å²) < 4.78 is 5.03. The van der Waals surface area contributed by atoms with Crippen molar-refractivity contribution in [3.63, 3.8) is 0 Å². The van der Waals surface area contributed by atoms with E-state index in [1.807, 2.05) is 13.8 Å². The normalized spacial score (nSPS) is 12.9. The van der Waals surface area contributed by atoms with Crippen LogP contribution in [0.15, 0.2) is 23.3 Å². The fraction of sp³-hybridized carbons (Fsp3) is 0.545. The van der Waals surface area contributed by atoms with E-state index in [9.17, 15) is 4.79 Å². The molecule has 0 aliphatic rings. The molecule has 0 saturated heterocycles. The van der Waals surface area contributed by atoms with E-state index in [1.165, 1.54) is 0 Å². The maximum Gasteiger partial charge on any atom is 0.333 e. The Morgan fingerprint density at radius 1 is 1.38 bits per heavy atom. The molecule has 0 rings (SSSR count). The summed E-state index contributed by atoms with van der Waals surface area (Å²) in [6.45, 7) is 7.99. The Labute approximate surface area is 80.3 Å². The second-order valence-corrected chi connectivity index (χ2v) is 3.01. The topological polar surface area (TPSA) is 26.3 Å². The summed E-state index contributed by atoms with van der Waals surface area (Å²) in [5.41, 5.74) is 1.75. The van der Waals surface area contributed by atoms with Crippen LogP contribution >= 0.6 is 0 Å². The highest BCUT2D eigenvalue weighted by Gasteiger charge is 2.03. The van der Waals surface area contributed by atoms with Crippen molar-refractivity contribution in [1.82, 2.24) is 0 Å². The molecule has 0 aromatic carbocycles. The van der Waals surface area contributed by atoms with Gasteiger partial charge < -0.3 is 4.74 Å². The molecule has 0 saturated carbocycles. The first-order chi connectivity index (χ1) is 6.11. The lowest BCUT2D eigenvalue weighted by Gasteiger charge is -2.04. The van der Waals surface area contributed by atoms with E-state index in [-0.39, 0.29) is 5.97 Å². The largest absolute Gasteiger partial charge is 0.458 e. The van der Waals surface area contributed by atoms with Crippen molar-refractivity contribution in [3.8, 4) is 0 Å². The number of carbonyl (C=O) groups excluding carboxylic acids is 1. The summed E-state index contributed by atoms with van der Waals surface area (Å²) in [6.07, 6.45) is 4.78. The zero-order valence-electron chi connectivity index (χ0n) is 8.89. The minimum atomic E-state index is -0.230. The Balaban J connectivity index is 3.90. The SMILES string of the molecule is C/C=C(/C)C(=O)OC/C(C)=C/CC. The maximum atomic E-state index is 11.2. The Morgan fingerprint density at radius 2 is 2.00 bits per heavy atom. The fourth-order valence-corrected chi connectivity index (χ4v) is 0.818. The molecule has 0 aromatic heterocycles. The lowest BCUT2D eigenvalue weighted by molar-refractivity contribution is -0.138. The number of hydrogen-bond acceptors (Lipinski definition) is 2.